The maximum atomic E-state index is 13.3. The first-order valence-electron chi connectivity index (χ1n) is 7.94. The van der Waals surface area contributed by atoms with Crippen LogP contribution in [0.15, 0.2) is 18.2 Å². The average molecular weight is 322 g/mol. The summed E-state index contributed by atoms with van der Waals surface area (Å²) in [6.45, 7) is 7.37. The molecule has 1 aliphatic heterocycles. The fraction of sp³-hybridized carbons (Fsp3) is 0.588. The number of carbonyl (C=O) groups is 1. The van der Waals surface area contributed by atoms with Crippen LogP contribution in [0.3, 0.4) is 0 Å². The van der Waals surface area contributed by atoms with E-state index in [1.807, 2.05) is 20.8 Å². The molecule has 2 atom stereocenters. The van der Waals surface area contributed by atoms with Crippen LogP contribution in [-0.4, -0.2) is 40.8 Å². The van der Waals surface area contributed by atoms with E-state index in [2.05, 4.69) is 5.32 Å². The Labute approximate surface area is 135 Å². The van der Waals surface area contributed by atoms with Gasteiger partial charge in [0, 0.05) is 31.2 Å². The largest absolute Gasteiger partial charge is 0.505 e. The van der Waals surface area contributed by atoms with Gasteiger partial charge < -0.3 is 20.1 Å². The standard InChI is InChI=1S/C17H23FN2O3/c1-17(2,3)23-16(22)20-8-11-12(9-20)14(11)19-7-10-5-4-6-13(18)15(10)21/h4-6,11-12,14,19,21H,7-9H2,1-3H3. The number of amides is 1. The lowest BCUT2D eigenvalue weighted by molar-refractivity contribution is 0.0269. The van der Waals surface area contributed by atoms with Crippen molar-refractivity contribution in [3.05, 3.63) is 29.6 Å². The van der Waals surface area contributed by atoms with E-state index in [1.165, 1.54) is 6.07 Å². The van der Waals surface area contributed by atoms with Crippen molar-refractivity contribution in [1.82, 2.24) is 10.2 Å². The van der Waals surface area contributed by atoms with Crippen LogP contribution in [0.2, 0.25) is 0 Å². The first kappa shape index (κ1) is 16.1. The average Bonchev–Trinajstić information content (AvgIpc) is 2.90. The molecule has 0 radical (unpaired) electrons. The molecule has 6 heteroatoms. The first-order chi connectivity index (χ1) is 10.8. The van der Waals surface area contributed by atoms with Crippen LogP contribution >= 0.6 is 0 Å². The number of rotatable bonds is 3. The van der Waals surface area contributed by atoms with Crippen molar-refractivity contribution in [1.29, 1.82) is 0 Å². The van der Waals surface area contributed by atoms with Gasteiger partial charge in [0.25, 0.3) is 0 Å². The lowest BCUT2D eigenvalue weighted by Gasteiger charge is -2.26. The number of nitrogens with zero attached hydrogens (tertiary/aromatic N) is 1. The second-order valence-corrected chi connectivity index (χ2v) is 7.37. The number of phenolic OH excluding ortho intramolecular Hbond substituents is 1. The van der Waals surface area contributed by atoms with Crippen LogP contribution in [0.4, 0.5) is 9.18 Å². The third-order valence-corrected chi connectivity index (χ3v) is 4.44. The van der Waals surface area contributed by atoms with Crippen LogP contribution in [0, 0.1) is 17.7 Å². The predicted octanol–water partition coefficient (Wildman–Crippen LogP) is 2.49. The van der Waals surface area contributed by atoms with Crippen LogP contribution in [0.1, 0.15) is 26.3 Å². The molecule has 0 aromatic heterocycles. The van der Waals surface area contributed by atoms with E-state index in [9.17, 15) is 14.3 Å². The molecule has 1 aromatic rings. The van der Waals surface area contributed by atoms with E-state index in [4.69, 9.17) is 4.74 Å². The predicted molar refractivity (Wildman–Crippen MR) is 83.5 cm³/mol. The van der Waals surface area contributed by atoms with Crippen LogP contribution < -0.4 is 5.32 Å². The molecule has 2 fully saturated rings. The Hall–Kier alpha value is -1.82. The van der Waals surface area contributed by atoms with Crippen LogP contribution in [-0.2, 0) is 11.3 Å². The van der Waals surface area contributed by atoms with Gasteiger partial charge in [-0.2, -0.15) is 0 Å². The van der Waals surface area contributed by atoms with E-state index in [0.29, 0.717) is 43.1 Å². The number of para-hydroxylation sites is 1. The van der Waals surface area contributed by atoms with Crippen molar-refractivity contribution in [2.45, 2.75) is 39.0 Å². The summed E-state index contributed by atoms with van der Waals surface area (Å²) in [5.41, 5.74) is 0.0788. The monoisotopic (exact) mass is 322 g/mol. The number of piperidine rings is 1. The van der Waals surface area contributed by atoms with E-state index >= 15 is 0 Å². The van der Waals surface area contributed by atoms with Gasteiger partial charge in [-0.1, -0.05) is 12.1 Å². The second kappa shape index (κ2) is 5.67. The smallest absolute Gasteiger partial charge is 0.410 e. The highest BCUT2D eigenvalue weighted by atomic mass is 19.1. The Morgan fingerprint density at radius 1 is 1.39 bits per heavy atom. The second-order valence-electron chi connectivity index (χ2n) is 7.37. The Morgan fingerprint density at radius 2 is 2.04 bits per heavy atom. The number of carbonyl (C=O) groups excluding carboxylic acids is 1. The minimum absolute atomic E-state index is 0.258. The maximum Gasteiger partial charge on any atom is 0.410 e. The molecule has 5 nitrogen and oxygen atoms in total. The van der Waals surface area contributed by atoms with Crippen molar-refractivity contribution < 1.29 is 19.0 Å². The van der Waals surface area contributed by atoms with Gasteiger partial charge in [-0.25, -0.2) is 9.18 Å². The van der Waals surface area contributed by atoms with Gasteiger partial charge in [0.2, 0.25) is 0 Å². The number of likely N-dealkylation sites (tertiary alicyclic amines) is 1. The molecule has 1 aliphatic carbocycles. The van der Waals surface area contributed by atoms with Crippen LogP contribution in [0.25, 0.3) is 0 Å². The Kier molecular flexibility index (Phi) is 3.96. The minimum atomic E-state index is -0.601. The van der Waals surface area contributed by atoms with Crippen molar-refractivity contribution in [3.63, 3.8) is 0 Å². The van der Waals surface area contributed by atoms with Crippen molar-refractivity contribution in [2.24, 2.45) is 11.8 Å². The van der Waals surface area contributed by atoms with E-state index in [0.717, 1.165) is 0 Å². The number of nitrogens with one attached hydrogen (secondary N) is 1. The zero-order valence-electron chi connectivity index (χ0n) is 13.7. The fourth-order valence-electron chi connectivity index (χ4n) is 3.24. The molecule has 0 spiro atoms. The third-order valence-electron chi connectivity index (χ3n) is 4.44. The fourth-order valence-corrected chi connectivity index (χ4v) is 3.24. The van der Waals surface area contributed by atoms with Crippen LogP contribution in [0.5, 0.6) is 5.75 Å². The summed E-state index contributed by atoms with van der Waals surface area (Å²) < 4.78 is 18.7. The summed E-state index contributed by atoms with van der Waals surface area (Å²) in [5.74, 6) is -0.0611. The van der Waals surface area contributed by atoms with Crippen molar-refractivity contribution >= 4 is 6.09 Å². The number of aromatic hydroxyl groups is 1. The summed E-state index contributed by atoms with van der Waals surface area (Å²) in [6, 6.07) is 4.85. The molecule has 1 aromatic carbocycles. The normalized spacial score (nSPS) is 26.1. The summed E-state index contributed by atoms with van der Waals surface area (Å²) in [6.07, 6.45) is -0.258. The van der Waals surface area contributed by atoms with E-state index < -0.39 is 11.4 Å². The zero-order valence-corrected chi connectivity index (χ0v) is 13.7. The molecule has 1 amide bonds. The molecule has 2 unspecified atom stereocenters. The highest BCUT2D eigenvalue weighted by Crippen LogP contribution is 2.46. The van der Waals surface area contributed by atoms with Gasteiger partial charge in [-0.05, 0) is 38.7 Å². The quantitative estimate of drug-likeness (QED) is 0.897. The minimum Gasteiger partial charge on any atom is -0.505 e. The highest BCUT2D eigenvalue weighted by Gasteiger charge is 2.56. The van der Waals surface area contributed by atoms with Crippen molar-refractivity contribution in [3.8, 4) is 5.75 Å². The molecule has 2 aliphatic rings. The number of hydrogen-bond acceptors (Lipinski definition) is 4. The summed E-state index contributed by atoms with van der Waals surface area (Å²) in [4.78, 5) is 13.8. The van der Waals surface area contributed by atoms with Gasteiger partial charge in [0.1, 0.15) is 5.60 Å². The van der Waals surface area contributed by atoms with Gasteiger partial charge >= 0.3 is 6.09 Å². The SMILES string of the molecule is CC(C)(C)OC(=O)N1CC2C(C1)C2NCc1cccc(F)c1O. The maximum absolute atomic E-state index is 13.3. The highest BCUT2D eigenvalue weighted by molar-refractivity contribution is 5.69. The number of fused-ring (bicyclic) bond motifs is 1. The lowest BCUT2D eigenvalue weighted by atomic mass is 10.2. The zero-order chi connectivity index (χ0) is 16.8. The van der Waals surface area contributed by atoms with Gasteiger partial charge in [0.15, 0.2) is 11.6 Å². The topological polar surface area (TPSA) is 61.8 Å². The molecule has 1 heterocycles. The molecule has 1 saturated carbocycles. The molecular weight excluding hydrogens is 299 g/mol. The molecule has 23 heavy (non-hydrogen) atoms. The summed E-state index contributed by atoms with van der Waals surface area (Å²) in [5, 5.41) is 13.0. The molecule has 0 bridgehead atoms. The first-order valence-corrected chi connectivity index (χ1v) is 7.94. The van der Waals surface area contributed by atoms with E-state index in [-0.39, 0.29) is 11.8 Å². The number of ether oxygens (including phenoxy) is 1. The molecule has 2 N–H and O–H groups in total. The molecule has 3 rings (SSSR count). The lowest BCUT2D eigenvalue weighted by Crippen LogP contribution is -2.39. The summed E-state index contributed by atoms with van der Waals surface area (Å²) in [7, 11) is 0. The van der Waals surface area contributed by atoms with Gasteiger partial charge in [0.05, 0.1) is 0 Å². The number of phenols is 1. The molecule has 1 saturated heterocycles. The Morgan fingerprint density at radius 3 is 2.65 bits per heavy atom. The number of hydrogen-bond donors (Lipinski definition) is 2. The Balaban J connectivity index is 1.47. The number of halogens is 1. The van der Waals surface area contributed by atoms with E-state index in [1.54, 1.807) is 17.0 Å². The Bertz CT molecular complexity index is 602. The summed E-state index contributed by atoms with van der Waals surface area (Å²) >= 11 is 0. The molecular formula is C17H23FN2O3. The number of benzene rings is 1. The van der Waals surface area contributed by atoms with Gasteiger partial charge in [-0.3, -0.25) is 0 Å². The van der Waals surface area contributed by atoms with Gasteiger partial charge in [-0.15, -0.1) is 0 Å². The third kappa shape index (κ3) is 3.42. The molecule has 126 valence electrons. The van der Waals surface area contributed by atoms with Crippen molar-refractivity contribution in [2.75, 3.05) is 13.1 Å².